The minimum Gasteiger partial charge on any atom is -0.430 e. The Labute approximate surface area is 157 Å². The molecular weight excluding hydrogens is 379 g/mol. The van der Waals surface area contributed by atoms with E-state index in [-0.39, 0.29) is 11.7 Å². The lowest BCUT2D eigenvalue weighted by Gasteiger charge is -2.31. The van der Waals surface area contributed by atoms with Gasteiger partial charge in [-0.3, -0.25) is 4.79 Å². The van der Waals surface area contributed by atoms with Gasteiger partial charge in [-0.2, -0.15) is 0 Å². The fourth-order valence-electron chi connectivity index (χ4n) is 2.19. The Morgan fingerprint density at radius 1 is 1.21 bits per heavy atom. The summed E-state index contributed by atoms with van der Waals surface area (Å²) in [5, 5.41) is 0. The van der Waals surface area contributed by atoms with Crippen molar-refractivity contribution in [2.75, 3.05) is 6.61 Å². The van der Waals surface area contributed by atoms with Crippen LogP contribution in [0.4, 0.5) is 4.79 Å². The summed E-state index contributed by atoms with van der Waals surface area (Å²) in [6.45, 7) is 9.56. The van der Waals surface area contributed by atoms with E-state index < -0.39 is 34.0 Å². The zero-order valence-corrected chi connectivity index (χ0v) is 16.5. The van der Waals surface area contributed by atoms with Gasteiger partial charge in [-0.15, -0.1) is 6.58 Å². The molecule has 0 aromatic rings. The van der Waals surface area contributed by atoms with Crippen LogP contribution in [0.3, 0.4) is 0 Å². The molecule has 3 atom stereocenters. The minimum atomic E-state index is -1.76. The van der Waals surface area contributed by atoms with Crippen molar-refractivity contribution in [1.29, 1.82) is 0 Å². The second kappa shape index (κ2) is 9.64. The van der Waals surface area contributed by atoms with Crippen molar-refractivity contribution in [1.82, 2.24) is 0 Å². The van der Waals surface area contributed by atoms with Crippen LogP contribution >= 0.6 is 34.8 Å². The van der Waals surface area contributed by atoms with Gasteiger partial charge in [0.15, 0.2) is 5.78 Å². The molecule has 0 aromatic carbocycles. The highest BCUT2D eigenvalue weighted by Gasteiger charge is 2.39. The summed E-state index contributed by atoms with van der Waals surface area (Å²) < 4.78 is 8.24. The predicted octanol–water partition coefficient (Wildman–Crippen LogP) is 4.52. The number of Topliss-reactive ketones (excluding diaryl/α,β-unsaturated/α-hetero) is 1. The summed E-state index contributed by atoms with van der Waals surface area (Å²) in [6.07, 6.45) is 0.864. The van der Waals surface area contributed by atoms with Gasteiger partial charge >= 0.3 is 6.16 Å². The second-order valence-electron chi connectivity index (χ2n) is 6.23. The third-order valence-electron chi connectivity index (χ3n) is 3.52. The van der Waals surface area contributed by atoms with Gasteiger partial charge in [0, 0.05) is 0 Å². The molecular formula is C16H23Cl3O5. The molecule has 138 valence electrons. The monoisotopic (exact) mass is 400 g/mol. The summed E-state index contributed by atoms with van der Waals surface area (Å²) in [6, 6.07) is 0. The highest BCUT2D eigenvalue weighted by molar-refractivity contribution is 6.67. The Kier molecular flexibility index (Phi) is 9.32. The van der Waals surface area contributed by atoms with Crippen molar-refractivity contribution >= 4 is 53.0 Å². The first kappa shape index (κ1) is 23.2. The molecule has 8 heteroatoms. The van der Waals surface area contributed by atoms with Crippen molar-refractivity contribution in [3.05, 3.63) is 12.7 Å². The number of alkyl halides is 3. The minimum absolute atomic E-state index is 0.218. The molecule has 0 aliphatic rings. The lowest BCUT2D eigenvalue weighted by atomic mass is 9.78. The maximum Gasteiger partial charge on any atom is 0.508 e. The molecule has 5 nitrogen and oxygen atoms in total. The number of hydrogen-bond acceptors (Lipinski definition) is 5. The maximum atomic E-state index is 12.5. The molecule has 0 fully saturated rings. The topological polar surface area (TPSA) is 69.7 Å². The summed E-state index contributed by atoms with van der Waals surface area (Å²) in [5.41, 5.74) is -1.18. The van der Waals surface area contributed by atoms with Crippen molar-refractivity contribution in [2.24, 2.45) is 17.3 Å². The van der Waals surface area contributed by atoms with Gasteiger partial charge in [-0.25, -0.2) is 4.79 Å². The quantitative estimate of drug-likeness (QED) is 0.187. The molecule has 0 aliphatic heterocycles. The molecule has 0 amide bonds. The molecule has 0 spiro atoms. The van der Waals surface area contributed by atoms with Crippen LogP contribution < -0.4 is 0 Å². The van der Waals surface area contributed by atoms with Crippen molar-refractivity contribution in [3.63, 3.8) is 0 Å². The van der Waals surface area contributed by atoms with Gasteiger partial charge < -0.3 is 14.3 Å². The lowest BCUT2D eigenvalue weighted by Crippen LogP contribution is -2.42. The van der Waals surface area contributed by atoms with Crippen LogP contribution in [0, 0.1) is 17.3 Å². The number of carbonyl (C=O) groups excluding carboxylic acids is 3. The lowest BCUT2D eigenvalue weighted by molar-refractivity contribution is -0.139. The van der Waals surface area contributed by atoms with Crippen LogP contribution in [0.15, 0.2) is 12.7 Å². The average Bonchev–Trinajstić information content (AvgIpc) is 2.48. The Balaban J connectivity index is 5.18. The van der Waals surface area contributed by atoms with E-state index in [1.807, 2.05) is 0 Å². The van der Waals surface area contributed by atoms with Crippen molar-refractivity contribution < 1.29 is 23.9 Å². The van der Waals surface area contributed by atoms with Gasteiger partial charge in [-0.05, 0) is 26.2 Å². The number of allylic oxidation sites excluding steroid dienone is 1. The fourth-order valence-corrected chi connectivity index (χ4v) is 2.35. The van der Waals surface area contributed by atoms with E-state index >= 15 is 0 Å². The van der Waals surface area contributed by atoms with E-state index in [2.05, 4.69) is 6.58 Å². The highest BCUT2D eigenvalue weighted by Crippen LogP contribution is 2.29. The van der Waals surface area contributed by atoms with E-state index in [0.717, 1.165) is 0 Å². The molecule has 3 unspecified atom stereocenters. The van der Waals surface area contributed by atoms with Crippen LogP contribution in [0.1, 0.15) is 34.1 Å². The number of rotatable bonds is 9. The van der Waals surface area contributed by atoms with Crippen LogP contribution in [0.2, 0.25) is 0 Å². The second-order valence-corrected chi connectivity index (χ2v) is 8.75. The van der Waals surface area contributed by atoms with Crippen LogP contribution in [-0.4, -0.2) is 34.7 Å². The molecule has 0 aliphatic carbocycles. The number of halogens is 3. The van der Waals surface area contributed by atoms with Gasteiger partial charge in [-0.1, -0.05) is 54.7 Å². The van der Waals surface area contributed by atoms with E-state index in [9.17, 15) is 14.4 Å². The predicted molar refractivity (Wildman–Crippen MR) is 94.5 cm³/mol. The van der Waals surface area contributed by atoms with Gasteiger partial charge in [0.2, 0.25) is 3.79 Å². The molecule has 0 aromatic heterocycles. The Morgan fingerprint density at radius 3 is 2.17 bits per heavy atom. The molecule has 0 N–H and O–H groups in total. The summed E-state index contributed by atoms with van der Waals surface area (Å²) in [5.74, 6) is -1.28. The third kappa shape index (κ3) is 7.86. The zero-order valence-electron chi connectivity index (χ0n) is 14.2. The third-order valence-corrected chi connectivity index (χ3v) is 3.85. The number of ether oxygens (including phenoxy) is 2. The Morgan fingerprint density at radius 2 is 1.75 bits per heavy atom. The molecule has 0 rings (SSSR count). The number of hydrogen-bond donors (Lipinski definition) is 0. The van der Waals surface area contributed by atoms with Crippen molar-refractivity contribution in [3.8, 4) is 0 Å². The van der Waals surface area contributed by atoms with E-state index in [1.165, 1.54) is 13.8 Å². The summed E-state index contributed by atoms with van der Waals surface area (Å²) in [4.78, 5) is 35.4. The number of carbonyl (C=O) groups is 3. The average molecular weight is 402 g/mol. The molecule has 0 heterocycles. The molecule has 0 radical (unpaired) electrons. The highest BCUT2D eigenvalue weighted by atomic mass is 35.6. The van der Waals surface area contributed by atoms with Gasteiger partial charge in [0.1, 0.15) is 19.0 Å². The number of aldehydes is 1. The first-order valence-electron chi connectivity index (χ1n) is 7.37. The first-order valence-corrected chi connectivity index (χ1v) is 8.50. The zero-order chi connectivity index (χ0) is 19.1. The Bertz CT molecular complexity index is 471. The molecule has 0 bridgehead atoms. The smallest absolute Gasteiger partial charge is 0.430 e. The molecule has 0 saturated carbocycles. The fraction of sp³-hybridized carbons (Fsp3) is 0.688. The van der Waals surface area contributed by atoms with Crippen LogP contribution in [0.25, 0.3) is 0 Å². The molecule has 0 saturated heterocycles. The van der Waals surface area contributed by atoms with Crippen molar-refractivity contribution in [2.45, 2.75) is 44.0 Å². The summed E-state index contributed by atoms with van der Waals surface area (Å²) in [7, 11) is 0. The first-order chi connectivity index (χ1) is 10.9. The van der Waals surface area contributed by atoms with E-state index in [4.69, 9.17) is 44.3 Å². The number of ketones is 1. The Hall–Kier alpha value is -0.780. The van der Waals surface area contributed by atoms with E-state index in [0.29, 0.717) is 12.7 Å². The van der Waals surface area contributed by atoms with Crippen LogP contribution in [-0.2, 0) is 19.1 Å². The largest absolute Gasteiger partial charge is 0.508 e. The summed E-state index contributed by atoms with van der Waals surface area (Å²) >= 11 is 16.5. The van der Waals surface area contributed by atoms with Crippen LogP contribution in [0.5, 0.6) is 0 Å². The van der Waals surface area contributed by atoms with E-state index in [1.54, 1.807) is 19.9 Å². The van der Waals surface area contributed by atoms with Gasteiger partial charge in [0.25, 0.3) is 0 Å². The normalized spacial score (nSPS) is 15.8. The standard InChI is InChI=1S/C16H23Cl3O5/c1-6-7-10(2)12(11(3)13(21)15(4,5)8-20)24-14(22)23-9-16(17,18)19/h6,8,10-12H,1,7,9H2,2-5H3. The SMILES string of the molecule is C=CCC(C)C(OC(=O)OCC(Cl)(Cl)Cl)C(C)C(=O)C(C)(C)C=O. The van der Waals surface area contributed by atoms with Gasteiger partial charge in [0.05, 0.1) is 11.3 Å². The maximum absolute atomic E-state index is 12.5. The molecule has 24 heavy (non-hydrogen) atoms.